The Labute approximate surface area is 425 Å². The molecule has 16 bridgehead atoms. The van der Waals surface area contributed by atoms with Gasteiger partial charge in [0.25, 0.3) is 0 Å². The van der Waals surface area contributed by atoms with Gasteiger partial charge in [0.2, 0.25) is 0 Å². The number of hydrogen-bond acceptors (Lipinski definition) is 16. The van der Waals surface area contributed by atoms with Crippen LogP contribution in [0.1, 0.15) is 33.4 Å². The van der Waals surface area contributed by atoms with Gasteiger partial charge in [-0.25, -0.2) is 0 Å². The Morgan fingerprint density at radius 3 is 0.836 bits per heavy atom. The quantitative estimate of drug-likeness (QED) is 0.170. The third-order valence-corrected chi connectivity index (χ3v) is 12.6. The molecule has 3 atom stereocenters. The van der Waals surface area contributed by atoms with Crippen LogP contribution in [-0.2, 0) is 19.3 Å². The molecule has 19 rings (SSSR count). The van der Waals surface area contributed by atoms with Crippen molar-refractivity contribution in [3.05, 3.63) is 143 Å². The van der Waals surface area contributed by atoms with Crippen molar-refractivity contribution >= 4 is 0 Å². The second-order valence-electron chi connectivity index (χ2n) is 18.0. The summed E-state index contributed by atoms with van der Waals surface area (Å²) in [6, 6.07) is 33.6. The molecule has 0 aromatic heterocycles. The maximum Gasteiger partial charge on any atom is 0.161 e. The number of hydrogen-bond donors (Lipinski definition) is 3. The zero-order valence-corrected chi connectivity index (χ0v) is 41.4. The first-order valence-electron chi connectivity index (χ1n) is 24.5. The van der Waals surface area contributed by atoms with E-state index >= 15 is 0 Å². The summed E-state index contributed by atoms with van der Waals surface area (Å²) in [5.41, 5.74) is 6.26. The van der Waals surface area contributed by atoms with E-state index in [4.69, 9.17) is 56.8 Å². The highest BCUT2D eigenvalue weighted by atomic mass is 16.6. The molecule has 0 fully saturated rings. The number of rotatable bonds is 3. The lowest BCUT2D eigenvalue weighted by Gasteiger charge is -2.29. The van der Waals surface area contributed by atoms with Crippen molar-refractivity contribution in [2.75, 3.05) is 100 Å². The van der Waals surface area contributed by atoms with Crippen LogP contribution in [0.4, 0.5) is 0 Å². The minimum atomic E-state index is -0.978. The number of benzene rings is 6. The fourth-order valence-electron chi connectivity index (χ4n) is 9.04. The van der Waals surface area contributed by atoms with Crippen LogP contribution in [0, 0.1) is 0 Å². The Morgan fingerprint density at radius 2 is 0.575 bits per heavy atom. The molecule has 0 unspecified atom stereocenters. The first-order chi connectivity index (χ1) is 35.7. The summed E-state index contributed by atoms with van der Waals surface area (Å²) in [6.07, 6.45) is -1.25. The Bertz CT molecular complexity index is 2440. The van der Waals surface area contributed by atoms with Gasteiger partial charge in [-0.05, 0) is 162 Å². The maximum atomic E-state index is 11.2. The van der Waals surface area contributed by atoms with Gasteiger partial charge in [-0.2, -0.15) is 0 Å². The van der Waals surface area contributed by atoms with Gasteiger partial charge in [-0.1, -0.05) is 0 Å². The molecule has 0 spiro atoms. The number of methoxy groups -OCH3 is 3. The van der Waals surface area contributed by atoms with E-state index in [9.17, 15) is 15.3 Å². The van der Waals surface area contributed by atoms with Gasteiger partial charge >= 0.3 is 0 Å². The molecule has 3 N–H and O–H groups in total. The van der Waals surface area contributed by atoms with E-state index < -0.39 is 18.3 Å². The molecule has 16 heteroatoms. The SMILES string of the molecule is COc1cc2c3cc1OCCOc1ccc(cc1)OC[C@H](O)CN1C[C@@H](O)COc4ccc(cc4)OCCOc4cc(c(cc4OC)C3)Cc3cc(OC)c(cc3C2)OCCOc2ccc(cc2)OC[C@H](O)C1. The van der Waals surface area contributed by atoms with Crippen molar-refractivity contribution in [2.45, 2.75) is 37.6 Å². The molecule has 0 radical (unpaired) electrons. The van der Waals surface area contributed by atoms with Gasteiger partial charge in [0, 0.05) is 19.6 Å². The largest absolute Gasteiger partial charge is 0.493 e. The Hall–Kier alpha value is -7.24. The predicted molar refractivity (Wildman–Crippen MR) is 271 cm³/mol. The molecule has 12 heterocycles. The van der Waals surface area contributed by atoms with Crippen LogP contribution >= 0.6 is 0 Å². The van der Waals surface area contributed by atoms with Crippen LogP contribution in [-0.4, -0.2) is 139 Å². The molecule has 0 saturated heterocycles. The number of fused-ring (bicyclic) bond motifs is 1. The summed E-state index contributed by atoms with van der Waals surface area (Å²) >= 11 is 0. The Balaban J connectivity index is 1.09. The lowest BCUT2D eigenvalue weighted by atomic mass is 9.94. The Kier molecular flexibility index (Phi) is 17.0. The van der Waals surface area contributed by atoms with Gasteiger partial charge < -0.3 is 72.2 Å². The van der Waals surface area contributed by atoms with Crippen LogP contribution in [0.25, 0.3) is 0 Å². The Morgan fingerprint density at radius 1 is 0.342 bits per heavy atom. The number of aliphatic hydroxyl groups is 3. The number of ether oxygens (including phenoxy) is 12. The molecule has 0 saturated carbocycles. The van der Waals surface area contributed by atoms with Crippen LogP contribution in [0.2, 0.25) is 0 Å². The molecule has 1 aliphatic carbocycles. The highest BCUT2D eigenvalue weighted by molar-refractivity contribution is 5.58. The molecule has 73 heavy (non-hydrogen) atoms. The molecule has 16 nitrogen and oxygen atoms in total. The van der Waals surface area contributed by atoms with Crippen molar-refractivity contribution in [1.82, 2.24) is 4.90 Å². The van der Waals surface area contributed by atoms with E-state index in [2.05, 4.69) is 0 Å². The monoisotopic (exact) mass is 1000 g/mol. The van der Waals surface area contributed by atoms with Crippen molar-refractivity contribution < 1.29 is 72.2 Å². The van der Waals surface area contributed by atoms with E-state index in [0.29, 0.717) is 88.3 Å². The normalized spacial score (nSPS) is 19.8. The molecule has 386 valence electrons. The molecular weight excluding hydrogens is 939 g/mol. The highest BCUT2D eigenvalue weighted by Gasteiger charge is 2.24. The van der Waals surface area contributed by atoms with E-state index in [1.54, 1.807) is 99.0 Å². The molecule has 6 aromatic rings. The van der Waals surface area contributed by atoms with Crippen molar-refractivity contribution in [2.24, 2.45) is 0 Å². The fourth-order valence-corrected chi connectivity index (χ4v) is 9.04. The minimum Gasteiger partial charge on any atom is -0.493 e. The average molecular weight is 1000 g/mol. The number of aliphatic hydroxyl groups excluding tert-OH is 3. The lowest BCUT2D eigenvalue weighted by molar-refractivity contribution is 0.00359. The van der Waals surface area contributed by atoms with Crippen LogP contribution in [0.5, 0.6) is 69.0 Å². The highest BCUT2D eigenvalue weighted by Crippen LogP contribution is 2.41. The third-order valence-electron chi connectivity index (χ3n) is 12.6. The summed E-state index contributed by atoms with van der Waals surface area (Å²) in [6.45, 7) is 1.53. The average Bonchev–Trinajstić information content (AvgIpc) is 3.45. The second-order valence-corrected chi connectivity index (χ2v) is 18.0. The molecule has 0 amide bonds. The van der Waals surface area contributed by atoms with E-state index in [-0.39, 0.29) is 79.1 Å². The van der Waals surface area contributed by atoms with Gasteiger partial charge in [0.05, 0.1) is 21.3 Å². The van der Waals surface area contributed by atoms with Gasteiger partial charge in [0.15, 0.2) is 34.5 Å². The lowest BCUT2D eigenvalue weighted by Crippen LogP contribution is -2.45. The van der Waals surface area contributed by atoms with Crippen molar-refractivity contribution in [3.63, 3.8) is 0 Å². The van der Waals surface area contributed by atoms with Crippen LogP contribution in [0.3, 0.4) is 0 Å². The van der Waals surface area contributed by atoms with E-state index in [1.165, 1.54) is 0 Å². The van der Waals surface area contributed by atoms with Gasteiger partial charge in [-0.15, -0.1) is 0 Å². The minimum absolute atomic E-state index is 0.0466. The fraction of sp³-hybridized carbons (Fsp3) is 0.368. The van der Waals surface area contributed by atoms with Gasteiger partial charge in [0.1, 0.15) is 112 Å². The summed E-state index contributed by atoms with van der Waals surface area (Å²) in [5, 5.41) is 33.6. The smallest absolute Gasteiger partial charge is 0.161 e. The maximum absolute atomic E-state index is 11.2. The molecular formula is C57H63NO15. The van der Waals surface area contributed by atoms with E-state index in [0.717, 1.165) is 33.4 Å². The standard InChI is InChI=1S/C57H63NO15/c1-62-52-25-37-22-41-29-56-54(64-3)27-39(41)24-42-30-57-53(63-2)26-38(42)23-40(37)28-55(52)68-19-16-65-46-4-10-49(11-5-46)71-34-43(59)31-58(32-44(60)35-72-50-12-6-47(7-13-50)66-17-20-69-56)33-45(61)36-73-51-14-8-48(9-15-51)67-18-21-70-57/h4-15,25-30,43-45,59-61H,16-24,31-36H2,1-3H3/t43-,44-,45-/m1/s1. The zero-order valence-electron chi connectivity index (χ0n) is 41.4. The summed E-state index contributed by atoms with van der Waals surface area (Å²) < 4.78 is 73.2. The van der Waals surface area contributed by atoms with Gasteiger partial charge in [-0.3, -0.25) is 4.90 Å². The zero-order chi connectivity index (χ0) is 50.5. The third kappa shape index (κ3) is 13.6. The topological polar surface area (TPSA) is 175 Å². The predicted octanol–water partition coefficient (Wildman–Crippen LogP) is 6.72. The molecule has 12 aliphatic heterocycles. The molecule has 6 aromatic carbocycles. The van der Waals surface area contributed by atoms with Crippen LogP contribution in [0.15, 0.2) is 109 Å². The van der Waals surface area contributed by atoms with Crippen LogP contribution < -0.4 is 56.8 Å². The molecule has 13 aliphatic rings. The van der Waals surface area contributed by atoms with Crippen molar-refractivity contribution in [3.8, 4) is 69.0 Å². The first-order valence-corrected chi connectivity index (χ1v) is 24.5. The van der Waals surface area contributed by atoms with E-state index in [1.807, 2.05) is 36.4 Å². The summed E-state index contributed by atoms with van der Waals surface area (Å²) in [4.78, 5) is 1.76. The first kappa shape index (κ1) is 50.7. The summed E-state index contributed by atoms with van der Waals surface area (Å²) in [5.74, 6) is 6.91. The number of nitrogens with zero attached hydrogens (tertiary/aromatic N) is 1. The second kappa shape index (κ2) is 24.5. The van der Waals surface area contributed by atoms with Crippen molar-refractivity contribution in [1.29, 1.82) is 0 Å². The summed E-state index contributed by atoms with van der Waals surface area (Å²) in [7, 11) is 4.90.